The van der Waals surface area contributed by atoms with Gasteiger partial charge in [0.25, 0.3) is 0 Å². The smallest absolute Gasteiger partial charge is 0.166 e. The van der Waals surface area contributed by atoms with Gasteiger partial charge in [0, 0.05) is 24.9 Å². The predicted octanol–water partition coefficient (Wildman–Crippen LogP) is 2.21. The summed E-state index contributed by atoms with van der Waals surface area (Å²) in [6.07, 6.45) is 2.60. The third kappa shape index (κ3) is 5.25. The fourth-order valence-corrected chi connectivity index (χ4v) is 3.56. The lowest BCUT2D eigenvalue weighted by Crippen LogP contribution is -3.11. The molecular formula is C20H25FN3S+. The standard InChI is InChI=1S/C20H24FN3S/c21-18-10-8-16(9-11-18)14-22-20(25)23-15-19(24-12-4-5-13-24)17-6-2-1-3-7-17/h1-3,6-11,19H,4-5,12-15H2,(H2,22,23,25)/p+1/t19-/m0/s1. The molecule has 0 radical (unpaired) electrons. The summed E-state index contributed by atoms with van der Waals surface area (Å²) < 4.78 is 12.9. The molecule has 1 aliphatic heterocycles. The van der Waals surface area contributed by atoms with Crippen molar-refractivity contribution in [2.45, 2.75) is 25.4 Å². The molecule has 0 unspecified atom stereocenters. The van der Waals surface area contributed by atoms with Crippen LogP contribution in [0.3, 0.4) is 0 Å². The normalized spacial score (nSPS) is 15.7. The number of rotatable bonds is 6. The van der Waals surface area contributed by atoms with Gasteiger partial charge in [0.2, 0.25) is 0 Å². The zero-order chi connectivity index (χ0) is 17.5. The van der Waals surface area contributed by atoms with Crippen LogP contribution in [0.1, 0.15) is 30.0 Å². The van der Waals surface area contributed by atoms with Crippen molar-refractivity contribution in [1.82, 2.24) is 10.6 Å². The van der Waals surface area contributed by atoms with E-state index in [0.717, 1.165) is 12.1 Å². The summed E-state index contributed by atoms with van der Waals surface area (Å²) in [6.45, 7) is 3.85. The van der Waals surface area contributed by atoms with Crippen molar-refractivity contribution in [3.63, 3.8) is 0 Å². The Bertz CT molecular complexity index is 669. The van der Waals surface area contributed by atoms with E-state index in [1.165, 1.54) is 43.6 Å². The van der Waals surface area contributed by atoms with Crippen LogP contribution in [-0.2, 0) is 6.54 Å². The highest BCUT2D eigenvalue weighted by molar-refractivity contribution is 7.80. The van der Waals surface area contributed by atoms with Crippen molar-refractivity contribution >= 4 is 17.3 Å². The van der Waals surface area contributed by atoms with Gasteiger partial charge in [-0.3, -0.25) is 0 Å². The molecular weight excluding hydrogens is 333 g/mol. The molecule has 2 aromatic rings. The molecule has 0 amide bonds. The predicted molar refractivity (Wildman–Crippen MR) is 103 cm³/mol. The van der Waals surface area contributed by atoms with Gasteiger partial charge in [0.1, 0.15) is 11.9 Å². The summed E-state index contributed by atoms with van der Waals surface area (Å²) in [5, 5.41) is 7.21. The van der Waals surface area contributed by atoms with E-state index in [9.17, 15) is 4.39 Å². The number of hydrogen-bond acceptors (Lipinski definition) is 1. The third-order valence-electron chi connectivity index (χ3n) is 4.77. The first-order valence-electron chi connectivity index (χ1n) is 8.88. The van der Waals surface area contributed by atoms with Crippen molar-refractivity contribution in [1.29, 1.82) is 0 Å². The molecule has 0 aliphatic carbocycles. The van der Waals surface area contributed by atoms with Crippen LogP contribution in [-0.4, -0.2) is 24.7 Å². The van der Waals surface area contributed by atoms with E-state index in [4.69, 9.17) is 12.2 Å². The number of thiocarbonyl (C=S) groups is 1. The summed E-state index contributed by atoms with van der Waals surface area (Å²) >= 11 is 5.42. The number of quaternary nitrogens is 1. The zero-order valence-electron chi connectivity index (χ0n) is 14.3. The van der Waals surface area contributed by atoms with Crippen molar-refractivity contribution in [3.05, 3.63) is 71.5 Å². The van der Waals surface area contributed by atoms with Crippen molar-refractivity contribution in [3.8, 4) is 0 Å². The SMILES string of the molecule is Fc1ccc(CNC(=S)NC[C@@H](c2ccccc2)[NH+]2CCCC2)cc1. The van der Waals surface area contributed by atoms with Gasteiger partial charge in [-0.15, -0.1) is 0 Å². The van der Waals surface area contributed by atoms with Gasteiger partial charge >= 0.3 is 0 Å². The second kappa shape index (κ2) is 8.92. The Labute approximate surface area is 154 Å². The first-order chi connectivity index (χ1) is 12.2. The van der Waals surface area contributed by atoms with Crippen molar-refractivity contribution < 1.29 is 9.29 Å². The molecule has 132 valence electrons. The largest absolute Gasteiger partial charge is 0.359 e. The Morgan fingerprint density at radius 1 is 1.00 bits per heavy atom. The average molecular weight is 359 g/mol. The molecule has 0 saturated carbocycles. The Morgan fingerprint density at radius 3 is 2.36 bits per heavy atom. The van der Waals surface area contributed by atoms with E-state index >= 15 is 0 Å². The van der Waals surface area contributed by atoms with Crippen LogP contribution in [0.5, 0.6) is 0 Å². The molecule has 1 aliphatic rings. The Morgan fingerprint density at radius 2 is 1.68 bits per heavy atom. The van der Waals surface area contributed by atoms with Gasteiger partial charge in [-0.05, 0) is 29.9 Å². The molecule has 0 bridgehead atoms. The third-order valence-corrected chi connectivity index (χ3v) is 5.06. The summed E-state index contributed by atoms with van der Waals surface area (Å²) in [5.74, 6) is -0.219. The van der Waals surface area contributed by atoms with Gasteiger partial charge in [-0.25, -0.2) is 4.39 Å². The van der Waals surface area contributed by atoms with Crippen LogP contribution in [0.2, 0.25) is 0 Å². The first kappa shape index (κ1) is 17.8. The molecule has 1 fully saturated rings. The minimum absolute atomic E-state index is 0.219. The van der Waals surface area contributed by atoms with Gasteiger partial charge in [0.05, 0.1) is 19.6 Å². The molecule has 2 aromatic carbocycles. The lowest BCUT2D eigenvalue weighted by atomic mass is 10.1. The Balaban J connectivity index is 1.53. The fourth-order valence-electron chi connectivity index (χ4n) is 3.40. The van der Waals surface area contributed by atoms with Crippen LogP contribution >= 0.6 is 12.2 Å². The van der Waals surface area contributed by atoms with Gasteiger partial charge < -0.3 is 15.5 Å². The maximum Gasteiger partial charge on any atom is 0.166 e. The van der Waals surface area contributed by atoms with Gasteiger partial charge in [-0.2, -0.15) is 0 Å². The number of halogens is 1. The van der Waals surface area contributed by atoms with Crippen LogP contribution < -0.4 is 15.5 Å². The van der Waals surface area contributed by atoms with Crippen LogP contribution in [0.4, 0.5) is 4.39 Å². The van der Waals surface area contributed by atoms with E-state index in [1.807, 2.05) is 0 Å². The average Bonchev–Trinajstić information content (AvgIpc) is 3.17. The number of nitrogens with one attached hydrogen (secondary N) is 3. The van der Waals surface area contributed by atoms with Gasteiger partial charge in [0.15, 0.2) is 5.11 Å². The summed E-state index contributed by atoms with van der Waals surface area (Å²) in [4.78, 5) is 1.63. The number of hydrogen-bond donors (Lipinski definition) is 3. The second-order valence-corrected chi connectivity index (χ2v) is 6.93. The summed E-state index contributed by atoms with van der Waals surface area (Å²) in [6, 6.07) is 17.5. The van der Waals surface area contributed by atoms with E-state index < -0.39 is 0 Å². The Kier molecular flexibility index (Phi) is 6.36. The molecule has 1 saturated heterocycles. The highest BCUT2D eigenvalue weighted by Gasteiger charge is 2.27. The molecule has 1 atom stereocenters. The fraction of sp³-hybridized carbons (Fsp3) is 0.350. The second-order valence-electron chi connectivity index (χ2n) is 6.52. The van der Waals surface area contributed by atoms with Crippen molar-refractivity contribution in [2.24, 2.45) is 0 Å². The minimum atomic E-state index is -0.219. The molecule has 0 aromatic heterocycles. The molecule has 3 nitrogen and oxygen atoms in total. The number of benzene rings is 2. The maximum atomic E-state index is 12.9. The van der Waals surface area contributed by atoms with E-state index in [-0.39, 0.29) is 5.82 Å². The van der Waals surface area contributed by atoms with Crippen LogP contribution in [0.15, 0.2) is 54.6 Å². The van der Waals surface area contributed by atoms with Crippen LogP contribution in [0.25, 0.3) is 0 Å². The molecule has 1 heterocycles. The monoisotopic (exact) mass is 358 g/mol. The zero-order valence-corrected chi connectivity index (χ0v) is 15.1. The lowest BCUT2D eigenvalue weighted by Gasteiger charge is -2.26. The summed E-state index contributed by atoms with van der Waals surface area (Å²) in [5.41, 5.74) is 2.36. The first-order valence-corrected chi connectivity index (χ1v) is 9.29. The maximum absolute atomic E-state index is 12.9. The quantitative estimate of drug-likeness (QED) is 0.692. The van der Waals surface area contributed by atoms with E-state index in [0.29, 0.717) is 17.7 Å². The highest BCUT2D eigenvalue weighted by atomic mass is 32.1. The molecule has 3 rings (SSSR count). The summed E-state index contributed by atoms with van der Waals surface area (Å²) in [7, 11) is 0. The highest BCUT2D eigenvalue weighted by Crippen LogP contribution is 2.10. The Hall–Kier alpha value is -1.98. The molecule has 3 N–H and O–H groups in total. The van der Waals surface area contributed by atoms with E-state index in [2.05, 4.69) is 41.0 Å². The van der Waals surface area contributed by atoms with Gasteiger partial charge in [-0.1, -0.05) is 42.5 Å². The van der Waals surface area contributed by atoms with Crippen LogP contribution in [0, 0.1) is 5.82 Å². The number of likely N-dealkylation sites (tertiary alicyclic amines) is 1. The molecule has 5 heteroatoms. The molecule has 0 spiro atoms. The topological polar surface area (TPSA) is 28.5 Å². The molecule has 25 heavy (non-hydrogen) atoms. The van der Waals surface area contributed by atoms with E-state index in [1.54, 1.807) is 17.0 Å². The lowest BCUT2D eigenvalue weighted by molar-refractivity contribution is -0.918. The van der Waals surface area contributed by atoms with Crippen molar-refractivity contribution in [2.75, 3.05) is 19.6 Å². The minimum Gasteiger partial charge on any atom is -0.359 e.